The third-order valence-corrected chi connectivity index (χ3v) is 4.82. The van der Waals surface area contributed by atoms with Gasteiger partial charge in [-0.15, -0.1) is 0 Å². The highest BCUT2D eigenvalue weighted by atomic mass is 32.1. The molecule has 4 nitrogen and oxygen atoms in total. The molecule has 3 rings (SSSR count). The van der Waals surface area contributed by atoms with Crippen molar-refractivity contribution in [3.05, 3.63) is 77.0 Å². The summed E-state index contributed by atoms with van der Waals surface area (Å²) in [7, 11) is 1.29. The minimum Gasteiger partial charge on any atom is -0.466 e. The van der Waals surface area contributed by atoms with Gasteiger partial charge in [0.25, 0.3) is 0 Å². The second-order valence-electron chi connectivity index (χ2n) is 6.67. The highest BCUT2D eigenvalue weighted by molar-refractivity contribution is 7.80. The van der Waals surface area contributed by atoms with Crippen LogP contribution >= 0.6 is 12.2 Å². The van der Waals surface area contributed by atoms with Gasteiger partial charge in [-0.2, -0.15) is 0 Å². The second kappa shape index (κ2) is 8.06. The van der Waals surface area contributed by atoms with Crippen molar-refractivity contribution in [2.75, 3.05) is 12.0 Å². The van der Waals surface area contributed by atoms with Gasteiger partial charge in [-0.1, -0.05) is 38.1 Å². The molecule has 0 aromatic heterocycles. The Hall–Kier alpha value is -2.80. The molecule has 7 heteroatoms. The van der Waals surface area contributed by atoms with E-state index in [0.29, 0.717) is 21.9 Å². The smallest absolute Gasteiger partial charge is 0.338 e. The van der Waals surface area contributed by atoms with Gasteiger partial charge in [-0.25, -0.2) is 13.6 Å². The van der Waals surface area contributed by atoms with Crippen LogP contribution in [0.15, 0.2) is 59.8 Å². The predicted octanol–water partition coefficient (Wildman–Crippen LogP) is 4.48. The first-order valence-electron chi connectivity index (χ1n) is 8.78. The molecule has 1 aliphatic heterocycles. The van der Waals surface area contributed by atoms with Gasteiger partial charge in [-0.05, 0) is 48.0 Å². The number of anilines is 1. The van der Waals surface area contributed by atoms with Crippen molar-refractivity contribution >= 4 is 29.0 Å². The summed E-state index contributed by atoms with van der Waals surface area (Å²) in [5, 5.41) is 3.45. The Balaban J connectivity index is 2.24. The van der Waals surface area contributed by atoms with Crippen molar-refractivity contribution in [1.29, 1.82) is 0 Å². The average Bonchev–Trinajstić information content (AvgIpc) is 2.69. The lowest BCUT2D eigenvalue weighted by Gasteiger charge is -2.40. The van der Waals surface area contributed by atoms with E-state index in [1.807, 2.05) is 44.2 Å². The molecule has 1 aliphatic rings. The predicted molar refractivity (Wildman–Crippen MR) is 108 cm³/mol. The number of para-hydroxylation sites is 1. The molecule has 0 bridgehead atoms. The number of carbonyl (C=O) groups is 1. The molecule has 0 spiro atoms. The summed E-state index contributed by atoms with van der Waals surface area (Å²) in [4.78, 5) is 14.5. The summed E-state index contributed by atoms with van der Waals surface area (Å²) < 4.78 is 32.3. The Bertz CT molecular complexity index is 945. The zero-order chi connectivity index (χ0) is 20.4. The maximum Gasteiger partial charge on any atom is 0.338 e. The highest BCUT2D eigenvalue weighted by Gasteiger charge is 2.38. The van der Waals surface area contributed by atoms with E-state index in [4.69, 9.17) is 17.0 Å². The fourth-order valence-electron chi connectivity index (χ4n) is 3.31. The minimum absolute atomic E-state index is 0.0952. The summed E-state index contributed by atoms with van der Waals surface area (Å²) in [6.45, 7) is 3.87. The van der Waals surface area contributed by atoms with Crippen LogP contribution in [0.25, 0.3) is 0 Å². The summed E-state index contributed by atoms with van der Waals surface area (Å²) in [6.07, 6.45) is 0. The number of thiocarbonyl (C=S) groups is 1. The van der Waals surface area contributed by atoms with Gasteiger partial charge < -0.3 is 10.1 Å². The number of methoxy groups -OCH3 is 1. The van der Waals surface area contributed by atoms with E-state index in [2.05, 4.69) is 5.32 Å². The Morgan fingerprint density at radius 2 is 1.82 bits per heavy atom. The Morgan fingerprint density at radius 1 is 1.14 bits per heavy atom. The number of nitrogens with zero attached hydrogens (tertiary/aromatic N) is 1. The molecular weight excluding hydrogens is 382 g/mol. The van der Waals surface area contributed by atoms with Crippen LogP contribution in [0.1, 0.15) is 25.5 Å². The van der Waals surface area contributed by atoms with Crippen LogP contribution in [-0.2, 0) is 9.53 Å². The number of rotatable bonds is 4. The number of allylic oxidation sites excluding steroid dienone is 1. The molecule has 0 saturated heterocycles. The lowest BCUT2D eigenvalue weighted by atomic mass is 9.90. The molecule has 0 unspecified atom stereocenters. The van der Waals surface area contributed by atoms with Gasteiger partial charge in [0.2, 0.25) is 0 Å². The number of carbonyl (C=O) groups excluding carboxylic acids is 1. The molecular formula is C21H20F2N2O2S. The van der Waals surface area contributed by atoms with Crippen LogP contribution in [0.2, 0.25) is 0 Å². The first kappa shape index (κ1) is 19.9. The zero-order valence-corrected chi connectivity index (χ0v) is 16.5. The standard InChI is InChI=1S/C21H20F2N2O2S/c1-12(2)19-17(20(26)27-3)18(13-9-10-15(22)16(23)11-13)24-21(28)25(19)14-7-5-4-6-8-14/h4-12,18H,1-3H3,(H,24,28)/t18-/m0/s1. The SMILES string of the molecule is COC(=O)C1=C(C(C)C)N(c2ccccc2)C(=S)N[C@H]1c1ccc(F)c(F)c1. The van der Waals surface area contributed by atoms with Crippen LogP contribution in [0.4, 0.5) is 14.5 Å². The minimum atomic E-state index is -0.994. The van der Waals surface area contributed by atoms with Gasteiger partial charge >= 0.3 is 5.97 Å². The summed E-state index contributed by atoms with van der Waals surface area (Å²) in [5.41, 5.74) is 2.12. The molecule has 0 radical (unpaired) electrons. The van der Waals surface area contributed by atoms with E-state index in [0.717, 1.165) is 17.8 Å². The van der Waals surface area contributed by atoms with Gasteiger partial charge in [0, 0.05) is 11.4 Å². The van der Waals surface area contributed by atoms with E-state index in [1.165, 1.54) is 13.2 Å². The van der Waals surface area contributed by atoms with Crippen molar-refractivity contribution in [1.82, 2.24) is 5.32 Å². The molecule has 2 aromatic rings. The van der Waals surface area contributed by atoms with Crippen molar-refractivity contribution in [2.45, 2.75) is 19.9 Å². The van der Waals surface area contributed by atoms with Crippen LogP contribution in [0, 0.1) is 17.6 Å². The molecule has 0 fully saturated rings. The quantitative estimate of drug-likeness (QED) is 0.603. The maximum absolute atomic E-state index is 13.9. The highest BCUT2D eigenvalue weighted by Crippen LogP contribution is 2.37. The number of ether oxygens (including phenoxy) is 1. The first-order chi connectivity index (χ1) is 13.3. The molecule has 2 aromatic carbocycles. The number of nitrogens with one attached hydrogen (secondary N) is 1. The molecule has 0 amide bonds. The van der Waals surface area contributed by atoms with Gasteiger partial charge in [0.05, 0.1) is 18.7 Å². The zero-order valence-electron chi connectivity index (χ0n) is 15.7. The second-order valence-corrected chi connectivity index (χ2v) is 7.06. The summed E-state index contributed by atoms with van der Waals surface area (Å²) in [5.74, 6) is -2.61. The Kier molecular flexibility index (Phi) is 5.74. The summed E-state index contributed by atoms with van der Waals surface area (Å²) in [6, 6.07) is 12.1. The number of hydrogen-bond donors (Lipinski definition) is 1. The molecule has 146 valence electrons. The van der Waals surface area contributed by atoms with E-state index in [9.17, 15) is 13.6 Å². The van der Waals surface area contributed by atoms with E-state index in [-0.39, 0.29) is 5.92 Å². The van der Waals surface area contributed by atoms with E-state index < -0.39 is 23.6 Å². The summed E-state index contributed by atoms with van der Waals surface area (Å²) >= 11 is 5.58. The molecule has 1 atom stereocenters. The third-order valence-electron chi connectivity index (χ3n) is 4.52. The lowest BCUT2D eigenvalue weighted by molar-refractivity contribution is -0.136. The van der Waals surface area contributed by atoms with Crippen molar-refractivity contribution in [3.63, 3.8) is 0 Å². The normalized spacial score (nSPS) is 17.0. The van der Waals surface area contributed by atoms with Gasteiger partial charge in [0.15, 0.2) is 16.7 Å². The van der Waals surface area contributed by atoms with Crippen molar-refractivity contribution < 1.29 is 18.3 Å². The third kappa shape index (κ3) is 3.62. The van der Waals surface area contributed by atoms with E-state index in [1.54, 1.807) is 4.90 Å². The molecule has 1 heterocycles. The molecule has 0 aliphatic carbocycles. The van der Waals surface area contributed by atoms with Crippen molar-refractivity contribution in [3.8, 4) is 0 Å². The van der Waals surface area contributed by atoms with Crippen LogP contribution < -0.4 is 10.2 Å². The average molecular weight is 402 g/mol. The van der Waals surface area contributed by atoms with Crippen LogP contribution in [0.3, 0.4) is 0 Å². The van der Waals surface area contributed by atoms with Crippen LogP contribution in [0.5, 0.6) is 0 Å². The molecule has 28 heavy (non-hydrogen) atoms. The molecule has 0 saturated carbocycles. The topological polar surface area (TPSA) is 41.6 Å². The van der Waals surface area contributed by atoms with Gasteiger partial charge in [-0.3, -0.25) is 4.90 Å². The fraction of sp³-hybridized carbons (Fsp3) is 0.238. The number of halogens is 2. The van der Waals surface area contributed by atoms with E-state index >= 15 is 0 Å². The monoisotopic (exact) mass is 402 g/mol. The van der Waals surface area contributed by atoms with Gasteiger partial charge in [0.1, 0.15) is 0 Å². The van der Waals surface area contributed by atoms with Crippen molar-refractivity contribution in [2.24, 2.45) is 5.92 Å². The lowest BCUT2D eigenvalue weighted by Crippen LogP contribution is -2.49. The number of benzene rings is 2. The number of hydrogen-bond acceptors (Lipinski definition) is 3. The van der Waals surface area contributed by atoms with Crippen LogP contribution in [-0.4, -0.2) is 18.2 Å². The number of esters is 1. The maximum atomic E-state index is 13.9. The largest absolute Gasteiger partial charge is 0.466 e. The Morgan fingerprint density at radius 3 is 2.39 bits per heavy atom. The Labute approximate surface area is 167 Å². The first-order valence-corrected chi connectivity index (χ1v) is 9.19. The fourth-order valence-corrected chi connectivity index (χ4v) is 3.64. The molecule has 1 N–H and O–H groups in total.